The van der Waals surface area contributed by atoms with Crippen LogP contribution >= 0.6 is 0 Å². The Morgan fingerprint density at radius 3 is 3.12 bits per heavy atom. The maximum atomic E-state index is 13.0. The van der Waals surface area contributed by atoms with Gasteiger partial charge in [0.1, 0.15) is 17.7 Å². The Morgan fingerprint density at radius 1 is 1.69 bits per heavy atom. The lowest BCUT2D eigenvalue weighted by molar-refractivity contribution is -0.116. The van der Waals surface area contributed by atoms with E-state index in [2.05, 4.69) is 0 Å². The number of halogens is 1. The normalized spacial score (nSPS) is 18.9. The molecule has 16 heavy (non-hydrogen) atoms. The molecule has 0 unspecified atom stereocenters. The maximum absolute atomic E-state index is 13.0. The van der Waals surface area contributed by atoms with Crippen LogP contribution in [0.15, 0.2) is 18.2 Å². The summed E-state index contributed by atoms with van der Waals surface area (Å²) in [7, 11) is 0. The minimum atomic E-state index is -0.413. The van der Waals surface area contributed by atoms with Crippen LogP contribution in [0.4, 0.5) is 10.1 Å². The van der Waals surface area contributed by atoms with E-state index < -0.39 is 5.91 Å². The molecule has 0 bridgehead atoms. The van der Waals surface area contributed by atoms with Gasteiger partial charge in [-0.15, -0.1) is 0 Å². The Bertz CT molecular complexity index is 422. The van der Waals surface area contributed by atoms with Crippen molar-refractivity contribution in [2.75, 3.05) is 18.0 Å². The number of nitrogens with zero attached hydrogens (tertiary/aromatic N) is 1. The van der Waals surface area contributed by atoms with Crippen LogP contribution in [0.3, 0.4) is 0 Å². The van der Waals surface area contributed by atoms with Crippen molar-refractivity contribution in [3.63, 3.8) is 0 Å². The zero-order chi connectivity index (χ0) is 11.7. The number of primary amides is 1. The van der Waals surface area contributed by atoms with Gasteiger partial charge < -0.3 is 15.4 Å². The van der Waals surface area contributed by atoms with Crippen molar-refractivity contribution in [1.29, 1.82) is 0 Å². The Balaban J connectivity index is 2.34. The lowest BCUT2D eigenvalue weighted by Crippen LogP contribution is -2.42. The molecule has 0 spiro atoms. The molecule has 86 valence electrons. The molecule has 0 fully saturated rings. The molecule has 1 aliphatic rings. The Morgan fingerprint density at radius 2 is 2.44 bits per heavy atom. The van der Waals surface area contributed by atoms with Gasteiger partial charge in [0.2, 0.25) is 5.91 Å². The number of rotatable bonds is 2. The van der Waals surface area contributed by atoms with E-state index in [-0.39, 0.29) is 18.5 Å². The fourth-order valence-corrected chi connectivity index (χ4v) is 1.84. The van der Waals surface area contributed by atoms with Gasteiger partial charge in [-0.3, -0.25) is 4.79 Å². The van der Waals surface area contributed by atoms with E-state index in [9.17, 15) is 9.18 Å². The van der Waals surface area contributed by atoms with E-state index in [0.717, 1.165) is 0 Å². The second-order valence-electron chi connectivity index (χ2n) is 3.89. The number of carbonyl (C=O) groups excluding carboxylic acids is 1. The van der Waals surface area contributed by atoms with Crippen LogP contribution in [-0.4, -0.2) is 25.1 Å². The molecule has 0 saturated heterocycles. The molecule has 1 atom stereocenters. The minimum Gasteiger partial charge on any atom is -0.487 e. The molecule has 2 rings (SSSR count). The second-order valence-corrected chi connectivity index (χ2v) is 3.89. The van der Waals surface area contributed by atoms with E-state index >= 15 is 0 Å². The third-order valence-corrected chi connectivity index (χ3v) is 2.41. The van der Waals surface area contributed by atoms with Gasteiger partial charge in [-0.1, -0.05) is 0 Å². The molecule has 1 heterocycles. The van der Waals surface area contributed by atoms with Crippen LogP contribution in [0.1, 0.15) is 6.92 Å². The number of carbonyl (C=O) groups is 1. The smallest absolute Gasteiger partial charge is 0.236 e. The van der Waals surface area contributed by atoms with Gasteiger partial charge in [-0.25, -0.2) is 4.39 Å². The molecule has 0 aliphatic carbocycles. The molecule has 4 nitrogen and oxygen atoms in total. The van der Waals surface area contributed by atoms with Gasteiger partial charge in [0, 0.05) is 6.07 Å². The molecule has 0 aromatic heterocycles. The second kappa shape index (κ2) is 4.00. The largest absolute Gasteiger partial charge is 0.487 e. The fourth-order valence-electron chi connectivity index (χ4n) is 1.84. The van der Waals surface area contributed by atoms with Gasteiger partial charge in [0.25, 0.3) is 0 Å². The predicted octanol–water partition coefficient (Wildman–Crippen LogP) is 0.898. The number of anilines is 1. The number of hydrogen-bond donors (Lipinski definition) is 1. The van der Waals surface area contributed by atoms with Crippen molar-refractivity contribution in [2.24, 2.45) is 5.73 Å². The van der Waals surface area contributed by atoms with E-state index in [0.29, 0.717) is 18.0 Å². The van der Waals surface area contributed by atoms with Crippen LogP contribution < -0.4 is 15.4 Å². The van der Waals surface area contributed by atoms with Gasteiger partial charge in [0.15, 0.2) is 0 Å². The summed E-state index contributed by atoms with van der Waals surface area (Å²) in [4.78, 5) is 12.7. The number of nitrogens with two attached hydrogens (primary N) is 1. The number of hydrogen-bond acceptors (Lipinski definition) is 3. The van der Waals surface area contributed by atoms with Gasteiger partial charge in [-0.2, -0.15) is 0 Å². The first-order valence-corrected chi connectivity index (χ1v) is 5.05. The third-order valence-electron chi connectivity index (χ3n) is 2.41. The Labute approximate surface area is 92.8 Å². The summed E-state index contributed by atoms with van der Waals surface area (Å²) in [5.74, 6) is -0.309. The van der Waals surface area contributed by atoms with Crippen molar-refractivity contribution in [3.8, 4) is 5.75 Å². The molecular formula is C11H13FN2O2. The maximum Gasteiger partial charge on any atom is 0.236 e. The number of amides is 1. The molecule has 1 aliphatic heterocycles. The van der Waals surface area contributed by atoms with Gasteiger partial charge in [-0.05, 0) is 19.1 Å². The summed E-state index contributed by atoms with van der Waals surface area (Å²) >= 11 is 0. The first-order valence-electron chi connectivity index (χ1n) is 5.05. The highest BCUT2D eigenvalue weighted by molar-refractivity contribution is 5.80. The van der Waals surface area contributed by atoms with E-state index in [1.165, 1.54) is 12.1 Å². The van der Waals surface area contributed by atoms with E-state index in [4.69, 9.17) is 10.5 Å². The first-order chi connectivity index (χ1) is 7.56. The fraction of sp³-hybridized carbons (Fsp3) is 0.364. The van der Waals surface area contributed by atoms with Crippen LogP contribution in [0, 0.1) is 5.82 Å². The van der Waals surface area contributed by atoms with Crippen molar-refractivity contribution < 1.29 is 13.9 Å². The summed E-state index contributed by atoms with van der Waals surface area (Å²) in [6.07, 6.45) is -0.0892. The van der Waals surface area contributed by atoms with Gasteiger partial charge in [0.05, 0.1) is 18.8 Å². The van der Waals surface area contributed by atoms with Crippen molar-refractivity contribution in [2.45, 2.75) is 13.0 Å². The zero-order valence-electron chi connectivity index (χ0n) is 8.94. The summed E-state index contributed by atoms with van der Waals surface area (Å²) < 4.78 is 18.5. The minimum absolute atomic E-state index is 0.0892. The molecule has 2 N–H and O–H groups in total. The van der Waals surface area contributed by atoms with Crippen LogP contribution in [0.25, 0.3) is 0 Å². The molecule has 0 saturated carbocycles. The number of benzene rings is 1. The summed E-state index contributed by atoms with van der Waals surface area (Å²) in [5.41, 5.74) is 5.87. The average molecular weight is 224 g/mol. The topological polar surface area (TPSA) is 55.6 Å². The number of fused-ring (bicyclic) bond motifs is 1. The molecule has 0 radical (unpaired) electrons. The standard InChI is InChI=1S/C11H13FN2O2/c1-7-5-14(6-11(13)15)9-3-2-8(12)4-10(9)16-7/h2-4,7H,5-6H2,1H3,(H2,13,15)/t7-/m1/s1. The summed E-state index contributed by atoms with van der Waals surface area (Å²) in [5, 5.41) is 0. The van der Waals surface area contributed by atoms with Crippen LogP contribution in [0.2, 0.25) is 0 Å². The summed E-state index contributed by atoms with van der Waals surface area (Å²) in [6, 6.07) is 4.25. The summed E-state index contributed by atoms with van der Waals surface area (Å²) in [6.45, 7) is 2.55. The van der Waals surface area contributed by atoms with Crippen molar-refractivity contribution in [3.05, 3.63) is 24.0 Å². The Kier molecular flexibility index (Phi) is 2.68. The zero-order valence-corrected chi connectivity index (χ0v) is 8.94. The van der Waals surface area contributed by atoms with Crippen molar-refractivity contribution >= 4 is 11.6 Å². The van der Waals surface area contributed by atoms with Gasteiger partial charge >= 0.3 is 0 Å². The first kappa shape index (κ1) is 10.7. The molecule has 5 heteroatoms. The van der Waals surface area contributed by atoms with E-state index in [1.807, 2.05) is 6.92 Å². The highest BCUT2D eigenvalue weighted by atomic mass is 19.1. The quantitative estimate of drug-likeness (QED) is 0.812. The predicted molar refractivity (Wildman–Crippen MR) is 57.9 cm³/mol. The number of ether oxygens (including phenoxy) is 1. The third kappa shape index (κ3) is 2.08. The molecule has 1 aromatic rings. The molecular weight excluding hydrogens is 211 g/mol. The van der Waals surface area contributed by atoms with Crippen molar-refractivity contribution in [1.82, 2.24) is 0 Å². The SMILES string of the molecule is C[C@@H]1CN(CC(N)=O)c2ccc(F)cc2O1. The molecule has 1 amide bonds. The highest BCUT2D eigenvalue weighted by Gasteiger charge is 2.24. The molecule has 1 aromatic carbocycles. The van der Waals surface area contributed by atoms with Crippen LogP contribution in [-0.2, 0) is 4.79 Å². The average Bonchev–Trinajstić information content (AvgIpc) is 2.15. The van der Waals surface area contributed by atoms with E-state index in [1.54, 1.807) is 11.0 Å². The lowest BCUT2D eigenvalue weighted by atomic mass is 10.2. The lowest BCUT2D eigenvalue weighted by Gasteiger charge is -2.34. The highest BCUT2D eigenvalue weighted by Crippen LogP contribution is 2.33. The monoisotopic (exact) mass is 224 g/mol. The van der Waals surface area contributed by atoms with Crippen LogP contribution in [0.5, 0.6) is 5.75 Å². The Hall–Kier alpha value is -1.78.